The van der Waals surface area contributed by atoms with E-state index in [4.69, 9.17) is 0 Å². The molecular formula is C16H25FN2O. The highest BCUT2D eigenvalue weighted by Crippen LogP contribution is 2.30. The average molecular weight is 280 g/mol. The molecule has 0 amide bonds. The molecule has 1 N–H and O–H groups in total. The first-order valence-electron chi connectivity index (χ1n) is 7.41. The lowest BCUT2D eigenvalue weighted by Gasteiger charge is -2.41. The van der Waals surface area contributed by atoms with Gasteiger partial charge in [-0.15, -0.1) is 0 Å². The van der Waals surface area contributed by atoms with Crippen LogP contribution in [0.25, 0.3) is 0 Å². The van der Waals surface area contributed by atoms with Gasteiger partial charge in [0, 0.05) is 36.9 Å². The van der Waals surface area contributed by atoms with Crippen LogP contribution in [-0.2, 0) is 0 Å². The number of aryl methyl sites for hydroxylation is 1. The van der Waals surface area contributed by atoms with Crippen LogP contribution in [0.4, 0.5) is 10.1 Å². The monoisotopic (exact) mass is 280 g/mol. The van der Waals surface area contributed by atoms with E-state index in [9.17, 15) is 9.50 Å². The first kappa shape index (κ1) is 15.3. The predicted molar refractivity (Wildman–Crippen MR) is 80.7 cm³/mol. The molecule has 0 aromatic heterocycles. The van der Waals surface area contributed by atoms with E-state index in [-0.39, 0.29) is 5.82 Å². The zero-order valence-electron chi connectivity index (χ0n) is 12.9. The average Bonchev–Trinajstić information content (AvgIpc) is 2.41. The minimum absolute atomic E-state index is 0.245. The summed E-state index contributed by atoms with van der Waals surface area (Å²) in [7, 11) is 0. The van der Waals surface area contributed by atoms with Crippen LogP contribution in [0.5, 0.6) is 0 Å². The molecule has 1 aliphatic rings. The van der Waals surface area contributed by atoms with Crippen LogP contribution < -0.4 is 4.90 Å². The maximum absolute atomic E-state index is 13.7. The molecule has 1 aromatic carbocycles. The number of nitrogens with zero attached hydrogens (tertiary/aromatic N) is 2. The van der Waals surface area contributed by atoms with Gasteiger partial charge in [-0.05, 0) is 45.0 Å². The van der Waals surface area contributed by atoms with Crippen LogP contribution in [0.2, 0.25) is 0 Å². The fraction of sp³-hybridized carbons (Fsp3) is 0.625. The predicted octanol–water partition coefficient (Wildman–Crippen LogP) is 2.72. The van der Waals surface area contributed by atoms with Crippen molar-refractivity contribution in [3.63, 3.8) is 0 Å². The molecule has 0 radical (unpaired) electrons. The van der Waals surface area contributed by atoms with Crippen molar-refractivity contribution in [1.29, 1.82) is 0 Å². The molecule has 0 spiro atoms. The van der Waals surface area contributed by atoms with Gasteiger partial charge in [0.25, 0.3) is 0 Å². The lowest BCUT2D eigenvalue weighted by molar-refractivity contribution is 0.191. The molecule has 4 heteroatoms. The molecule has 0 aliphatic carbocycles. The van der Waals surface area contributed by atoms with Crippen LogP contribution in [-0.4, -0.2) is 42.2 Å². The second-order valence-electron chi connectivity index (χ2n) is 5.76. The topological polar surface area (TPSA) is 26.7 Å². The molecule has 1 unspecified atom stereocenters. The Balaban J connectivity index is 2.31. The number of hydrogen-bond acceptors (Lipinski definition) is 3. The standard InChI is InChI=1S/C16H25FN2O/c1-5-18-6-7-19(10-12(18)3)16-8-11(2)15(17)9-14(16)13(4)20/h8-9,12-13,20H,5-7,10H2,1-4H3/t12?,13-/m1/s1. The maximum atomic E-state index is 13.7. The molecule has 1 aromatic rings. The van der Waals surface area contributed by atoms with Gasteiger partial charge in [0.2, 0.25) is 0 Å². The summed E-state index contributed by atoms with van der Waals surface area (Å²) in [6.07, 6.45) is -0.653. The molecule has 1 aliphatic heterocycles. The minimum Gasteiger partial charge on any atom is -0.389 e. The Kier molecular flexibility index (Phi) is 4.66. The first-order valence-corrected chi connectivity index (χ1v) is 7.41. The van der Waals surface area contributed by atoms with Gasteiger partial charge >= 0.3 is 0 Å². The van der Waals surface area contributed by atoms with E-state index in [1.54, 1.807) is 13.8 Å². The smallest absolute Gasteiger partial charge is 0.126 e. The van der Waals surface area contributed by atoms with Gasteiger partial charge in [-0.1, -0.05) is 6.92 Å². The van der Waals surface area contributed by atoms with Gasteiger partial charge in [0.15, 0.2) is 0 Å². The number of piperazine rings is 1. The molecule has 112 valence electrons. The van der Waals surface area contributed by atoms with E-state index in [1.165, 1.54) is 6.07 Å². The number of likely N-dealkylation sites (N-methyl/N-ethyl adjacent to an activating group) is 1. The molecule has 2 atom stereocenters. The van der Waals surface area contributed by atoms with E-state index in [2.05, 4.69) is 23.6 Å². The molecule has 2 rings (SSSR count). The summed E-state index contributed by atoms with van der Waals surface area (Å²) >= 11 is 0. The highest BCUT2D eigenvalue weighted by Gasteiger charge is 2.25. The Morgan fingerprint density at radius 3 is 2.65 bits per heavy atom. The minimum atomic E-state index is -0.653. The molecule has 20 heavy (non-hydrogen) atoms. The van der Waals surface area contributed by atoms with Crippen molar-refractivity contribution in [2.75, 3.05) is 31.1 Å². The van der Waals surface area contributed by atoms with Gasteiger partial charge < -0.3 is 10.0 Å². The van der Waals surface area contributed by atoms with Crippen molar-refractivity contribution in [3.8, 4) is 0 Å². The Labute approximate surface area is 121 Å². The SMILES string of the molecule is CCN1CCN(c2cc(C)c(F)cc2[C@@H](C)O)CC1C. The number of aliphatic hydroxyl groups is 1. The first-order chi connectivity index (χ1) is 9.43. The normalized spacial score (nSPS) is 22.1. The molecular weight excluding hydrogens is 255 g/mol. The number of benzene rings is 1. The van der Waals surface area contributed by atoms with E-state index < -0.39 is 6.10 Å². The van der Waals surface area contributed by atoms with Crippen LogP contribution in [0, 0.1) is 12.7 Å². The summed E-state index contributed by atoms with van der Waals surface area (Å²) < 4.78 is 13.7. The van der Waals surface area contributed by atoms with Crippen LogP contribution >= 0.6 is 0 Å². The van der Waals surface area contributed by atoms with Crippen molar-refractivity contribution in [3.05, 3.63) is 29.1 Å². The van der Waals surface area contributed by atoms with Crippen LogP contribution in [0.15, 0.2) is 12.1 Å². The summed E-state index contributed by atoms with van der Waals surface area (Å²) in [6, 6.07) is 3.82. The second-order valence-corrected chi connectivity index (χ2v) is 5.76. The lowest BCUT2D eigenvalue weighted by Crippen LogP contribution is -2.52. The third-order valence-corrected chi connectivity index (χ3v) is 4.27. The zero-order chi connectivity index (χ0) is 14.9. The zero-order valence-corrected chi connectivity index (χ0v) is 12.9. The van der Waals surface area contributed by atoms with Gasteiger partial charge in [0.05, 0.1) is 6.10 Å². The van der Waals surface area contributed by atoms with Gasteiger partial charge in [-0.25, -0.2) is 4.39 Å². The summed E-state index contributed by atoms with van der Waals surface area (Å²) in [5, 5.41) is 9.91. The summed E-state index contributed by atoms with van der Waals surface area (Å²) in [5.74, 6) is -0.245. The van der Waals surface area contributed by atoms with Crippen molar-refractivity contribution in [2.24, 2.45) is 0 Å². The Morgan fingerprint density at radius 2 is 2.10 bits per heavy atom. The number of rotatable bonds is 3. The van der Waals surface area contributed by atoms with Crippen molar-refractivity contribution in [2.45, 2.75) is 39.8 Å². The molecule has 1 saturated heterocycles. The third kappa shape index (κ3) is 2.96. The van der Waals surface area contributed by atoms with E-state index in [0.29, 0.717) is 17.2 Å². The molecule has 0 saturated carbocycles. The fourth-order valence-electron chi connectivity index (χ4n) is 2.97. The van der Waals surface area contributed by atoms with Crippen molar-refractivity contribution in [1.82, 2.24) is 4.90 Å². The number of hydrogen-bond donors (Lipinski definition) is 1. The van der Waals surface area contributed by atoms with Gasteiger partial charge in [-0.3, -0.25) is 4.90 Å². The Morgan fingerprint density at radius 1 is 1.40 bits per heavy atom. The largest absolute Gasteiger partial charge is 0.389 e. The molecule has 0 bridgehead atoms. The number of anilines is 1. The number of aliphatic hydroxyl groups excluding tert-OH is 1. The fourth-order valence-corrected chi connectivity index (χ4v) is 2.97. The summed E-state index contributed by atoms with van der Waals surface area (Å²) in [5.41, 5.74) is 2.29. The van der Waals surface area contributed by atoms with E-state index in [0.717, 1.165) is 31.9 Å². The van der Waals surface area contributed by atoms with Crippen molar-refractivity contribution >= 4 is 5.69 Å². The Bertz CT molecular complexity index is 476. The molecule has 1 heterocycles. The van der Waals surface area contributed by atoms with Crippen LogP contribution in [0.1, 0.15) is 38.0 Å². The summed E-state index contributed by atoms with van der Waals surface area (Å²) in [4.78, 5) is 4.71. The highest BCUT2D eigenvalue weighted by molar-refractivity contribution is 5.57. The highest BCUT2D eigenvalue weighted by atomic mass is 19.1. The van der Waals surface area contributed by atoms with Crippen LogP contribution in [0.3, 0.4) is 0 Å². The van der Waals surface area contributed by atoms with Gasteiger partial charge in [0.1, 0.15) is 5.82 Å². The van der Waals surface area contributed by atoms with Gasteiger partial charge in [-0.2, -0.15) is 0 Å². The lowest BCUT2D eigenvalue weighted by atomic mass is 10.0. The second kappa shape index (κ2) is 6.10. The molecule has 1 fully saturated rings. The maximum Gasteiger partial charge on any atom is 0.126 e. The third-order valence-electron chi connectivity index (χ3n) is 4.27. The van der Waals surface area contributed by atoms with Crippen molar-refractivity contribution < 1.29 is 9.50 Å². The van der Waals surface area contributed by atoms with E-state index in [1.807, 2.05) is 6.07 Å². The Hall–Kier alpha value is -1.13. The van der Waals surface area contributed by atoms with E-state index >= 15 is 0 Å². The summed E-state index contributed by atoms with van der Waals surface area (Å²) in [6.45, 7) is 11.8. The quantitative estimate of drug-likeness (QED) is 0.922. The number of halogens is 1. The molecule has 3 nitrogen and oxygen atoms in total.